The van der Waals surface area contributed by atoms with E-state index in [1.54, 1.807) is 6.20 Å². The van der Waals surface area contributed by atoms with Crippen LogP contribution < -0.4 is 0 Å². The first-order valence-corrected chi connectivity index (χ1v) is 5.21. The molecule has 3 nitrogen and oxygen atoms in total. The summed E-state index contributed by atoms with van der Waals surface area (Å²) in [5.74, 6) is 0.806. The monoisotopic (exact) mass is 214 g/mol. The van der Waals surface area contributed by atoms with E-state index in [9.17, 15) is 4.79 Å². The number of carbonyl (C=O) groups is 1. The SMILES string of the molecule is CC(C)(c1ccccc1)c1ncc(C=O)[nH]1. The summed E-state index contributed by atoms with van der Waals surface area (Å²) in [4.78, 5) is 17.9. The van der Waals surface area contributed by atoms with Crippen molar-refractivity contribution in [3.05, 3.63) is 53.6 Å². The summed E-state index contributed by atoms with van der Waals surface area (Å²) in [6, 6.07) is 10.1. The number of nitrogens with one attached hydrogen (secondary N) is 1. The van der Waals surface area contributed by atoms with Gasteiger partial charge in [-0.05, 0) is 19.4 Å². The van der Waals surface area contributed by atoms with Crippen molar-refractivity contribution in [2.24, 2.45) is 0 Å². The van der Waals surface area contributed by atoms with E-state index >= 15 is 0 Å². The number of benzene rings is 1. The number of aldehydes is 1. The van der Waals surface area contributed by atoms with E-state index in [1.807, 2.05) is 18.2 Å². The van der Waals surface area contributed by atoms with Gasteiger partial charge in [0, 0.05) is 5.41 Å². The highest BCUT2D eigenvalue weighted by Gasteiger charge is 2.25. The smallest absolute Gasteiger partial charge is 0.167 e. The zero-order valence-corrected chi connectivity index (χ0v) is 9.40. The number of nitrogens with zero attached hydrogens (tertiary/aromatic N) is 1. The average Bonchev–Trinajstić information content (AvgIpc) is 2.79. The Balaban J connectivity index is 2.42. The number of hydrogen-bond acceptors (Lipinski definition) is 2. The Kier molecular flexibility index (Phi) is 2.60. The number of rotatable bonds is 3. The molecule has 16 heavy (non-hydrogen) atoms. The molecule has 2 rings (SSSR count). The molecule has 1 aromatic carbocycles. The summed E-state index contributed by atoms with van der Waals surface area (Å²) in [7, 11) is 0. The van der Waals surface area contributed by atoms with Crippen LogP contribution in [-0.4, -0.2) is 16.3 Å². The van der Waals surface area contributed by atoms with Gasteiger partial charge in [0.1, 0.15) is 5.82 Å². The zero-order valence-electron chi connectivity index (χ0n) is 9.40. The van der Waals surface area contributed by atoms with Crippen LogP contribution in [0.3, 0.4) is 0 Å². The van der Waals surface area contributed by atoms with Gasteiger partial charge in [-0.2, -0.15) is 0 Å². The van der Waals surface area contributed by atoms with Crippen LogP contribution in [0.5, 0.6) is 0 Å². The third-order valence-corrected chi connectivity index (χ3v) is 2.81. The molecule has 0 aliphatic heterocycles. The van der Waals surface area contributed by atoms with Gasteiger partial charge in [0.2, 0.25) is 0 Å². The molecule has 0 bridgehead atoms. The third kappa shape index (κ3) is 1.76. The molecule has 0 aliphatic rings. The molecule has 0 amide bonds. The molecule has 0 radical (unpaired) electrons. The largest absolute Gasteiger partial charge is 0.339 e. The summed E-state index contributed by atoms with van der Waals surface area (Å²) >= 11 is 0. The number of hydrogen-bond donors (Lipinski definition) is 1. The Bertz CT molecular complexity index is 486. The van der Waals surface area contributed by atoms with Crippen molar-refractivity contribution in [2.75, 3.05) is 0 Å². The van der Waals surface area contributed by atoms with Crippen molar-refractivity contribution in [2.45, 2.75) is 19.3 Å². The first-order chi connectivity index (χ1) is 7.64. The number of H-pyrrole nitrogens is 1. The van der Waals surface area contributed by atoms with Crippen molar-refractivity contribution >= 4 is 6.29 Å². The quantitative estimate of drug-likeness (QED) is 0.798. The Morgan fingerprint density at radius 1 is 1.25 bits per heavy atom. The number of aromatic amines is 1. The third-order valence-electron chi connectivity index (χ3n) is 2.81. The highest BCUT2D eigenvalue weighted by molar-refractivity contribution is 5.71. The van der Waals surface area contributed by atoms with Crippen LogP contribution in [0.1, 0.15) is 35.7 Å². The van der Waals surface area contributed by atoms with Gasteiger partial charge in [-0.3, -0.25) is 4.79 Å². The number of imidazole rings is 1. The lowest BCUT2D eigenvalue weighted by Crippen LogP contribution is -2.20. The lowest BCUT2D eigenvalue weighted by molar-refractivity contribution is 0.111. The Morgan fingerprint density at radius 2 is 1.94 bits per heavy atom. The van der Waals surface area contributed by atoms with Crippen molar-refractivity contribution in [3.63, 3.8) is 0 Å². The van der Waals surface area contributed by atoms with E-state index in [0.29, 0.717) is 5.69 Å². The minimum absolute atomic E-state index is 0.220. The molecule has 0 unspecified atom stereocenters. The van der Waals surface area contributed by atoms with Gasteiger partial charge in [-0.25, -0.2) is 4.98 Å². The Hall–Kier alpha value is -1.90. The van der Waals surface area contributed by atoms with Crippen LogP contribution in [0.4, 0.5) is 0 Å². The maximum Gasteiger partial charge on any atom is 0.167 e. The summed E-state index contributed by atoms with van der Waals surface area (Å²) in [6.45, 7) is 4.16. The molecule has 0 saturated heterocycles. The van der Waals surface area contributed by atoms with Crippen LogP contribution in [0, 0.1) is 0 Å². The van der Waals surface area contributed by atoms with E-state index in [4.69, 9.17) is 0 Å². The first kappa shape index (κ1) is 10.6. The normalized spacial score (nSPS) is 11.4. The fourth-order valence-corrected chi connectivity index (χ4v) is 1.70. The van der Waals surface area contributed by atoms with Crippen molar-refractivity contribution in [1.29, 1.82) is 0 Å². The van der Waals surface area contributed by atoms with Crippen molar-refractivity contribution in [1.82, 2.24) is 9.97 Å². The topological polar surface area (TPSA) is 45.8 Å². The lowest BCUT2D eigenvalue weighted by atomic mass is 9.84. The van der Waals surface area contributed by atoms with Gasteiger partial charge < -0.3 is 4.98 Å². The first-order valence-electron chi connectivity index (χ1n) is 5.21. The van der Waals surface area contributed by atoms with Gasteiger partial charge >= 0.3 is 0 Å². The Labute approximate surface area is 94.5 Å². The predicted octanol–water partition coefficient (Wildman–Crippen LogP) is 2.55. The van der Waals surface area contributed by atoms with E-state index in [1.165, 1.54) is 5.56 Å². The summed E-state index contributed by atoms with van der Waals surface area (Å²) in [5.41, 5.74) is 1.46. The minimum Gasteiger partial charge on any atom is -0.339 e. The maximum atomic E-state index is 10.6. The van der Waals surface area contributed by atoms with Crippen LogP contribution in [0.15, 0.2) is 36.5 Å². The fraction of sp³-hybridized carbons (Fsp3) is 0.231. The highest BCUT2D eigenvalue weighted by Crippen LogP contribution is 2.28. The second-order valence-corrected chi connectivity index (χ2v) is 4.30. The van der Waals surface area contributed by atoms with E-state index in [-0.39, 0.29) is 5.41 Å². The maximum absolute atomic E-state index is 10.6. The molecular weight excluding hydrogens is 200 g/mol. The van der Waals surface area contributed by atoms with Crippen LogP contribution in [0.25, 0.3) is 0 Å². The van der Waals surface area contributed by atoms with Gasteiger partial charge in [-0.1, -0.05) is 30.3 Å². The second-order valence-electron chi connectivity index (χ2n) is 4.30. The highest BCUT2D eigenvalue weighted by atomic mass is 16.1. The summed E-state index contributed by atoms with van der Waals surface area (Å²) in [5, 5.41) is 0. The number of aromatic nitrogens is 2. The second kappa shape index (κ2) is 3.93. The average molecular weight is 214 g/mol. The Morgan fingerprint density at radius 3 is 2.50 bits per heavy atom. The molecule has 0 spiro atoms. The fourth-order valence-electron chi connectivity index (χ4n) is 1.70. The van der Waals surface area contributed by atoms with Gasteiger partial charge in [0.25, 0.3) is 0 Å². The molecule has 2 aromatic rings. The van der Waals surface area contributed by atoms with Gasteiger partial charge in [0.05, 0.1) is 11.9 Å². The van der Waals surface area contributed by atoms with Crippen molar-refractivity contribution < 1.29 is 4.79 Å². The zero-order chi connectivity index (χ0) is 11.6. The molecule has 0 saturated carbocycles. The molecule has 1 aromatic heterocycles. The molecule has 0 fully saturated rings. The van der Waals surface area contributed by atoms with Gasteiger partial charge in [-0.15, -0.1) is 0 Å². The standard InChI is InChI=1S/C13H14N2O/c1-13(2,10-6-4-3-5-7-10)12-14-8-11(9-16)15-12/h3-9H,1-2H3,(H,14,15). The van der Waals surface area contributed by atoms with Crippen LogP contribution in [-0.2, 0) is 5.41 Å². The molecule has 0 atom stereocenters. The summed E-state index contributed by atoms with van der Waals surface area (Å²) in [6.07, 6.45) is 2.34. The molecule has 1 heterocycles. The summed E-state index contributed by atoms with van der Waals surface area (Å²) < 4.78 is 0. The van der Waals surface area contributed by atoms with Crippen LogP contribution >= 0.6 is 0 Å². The van der Waals surface area contributed by atoms with Gasteiger partial charge in [0.15, 0.2) is 6.29 Å². The predicted molar refractivity (Wildman–Crippen MR) is 62.5 cm³/mol. The number of carbonyl (C=O) groups excluding carboxylic acids is 1. The molecule has 1 N–H and O–H groups in total. The lowest BCUT2D eigenvalue weighted by Gasteiger charge is -2.22. The van der Waals surface area contributed by atoms with E-state index in [2.05, 4.69) is 35.9 Å². The molecule has 0 aliphatic carbocycles. The molecule has 82 valence electrons. The molecular formula is C13H14N2O. The van der Waals surface area contributed by atoms with Crippen molar-refractivity contribution in [3.8, 4) is 0 Å². The van der Waals surface area contributed by atoms with E-state index in [0.717, 1.165) is 12.1 Å². The van der Waals surface area contributed by atoms with E-state index < -0.39 is 0 Å². The molecule has 3 heteroatoms. The minimum atomic E-state index is -0.220. The van der Waals surface area contributed by atoms with Crippen LogP contribution in [0.2, 0.25) is 0 Å².